The van der Waals surface area contributed by atoms with Gasteiger partial charge in [0.05, 0.1) is 4.90 Å². The van der Waals surface area contributed by atoms with Crippen LogP contribution in [0.2, 0.25) is 0 Å². The quantitative estimate of drug-likeness (QED) is 0.494. The van der Waals surface area contributed by atoms with Gasteiger partial charge in [0.25, 0.3) is 0 Å². The standard InChI is InChI=1S/C21H25N5O3S2/c1-3-25(4-2)31(28,29)17-12-13-18-23-24-21(26(18)14-17)30-19(15-8-6-5-7-9-15)20(27)22-16-10-11-16/h5-9,12-14,16,19H,3-4,10-11H2,1-2H3,(H,22,27). The molecule has 0 saturated heterocycles. The van der Waals surface area contributed by atoms with Crippen LogP contribution in [0, 0.1) is 0 Å². The molecule has 1 unspecified atom stereocenters. The summed E-state index contributed by atoms with van der Waals surface area (Å²) in [5.74, 6) is -0.0811. The Labute approximate surface area is 186 Å². The van der Waals surface area contributed by atoms with Gasteiger partial charge in [-0.25, -0.2) is 8.42 Å². The summed E-state index contributed by atoms with van der Waals surface area (Å²) >= 11 is 1.26. The number of sulfonamides is 1. The summed E-state index contributed by atoms with van der Waals surface area (Å²) in [6.07, 6.45) is 3.53. The lowest BCUT2D eigenvalue weighted by Gasteiger charge is -2.18. The number of amides is 1. The zero-order valence-electron chi connectivity index (χ0n) is 17.4. The zero-order valence-corrected chi connectivity index (χ0v) is 19.1. The second-order valence-electron chi connectivity index (χ2n) is 7.36. The van der Waals surface area contributed by atoms with Gasteiger partial charge in [0.15, 0.2) is 10.8 Å². The first-order valence-corrected chi connectivity index (χ1v) is 12.6. The number of hydrogen-bond acceptors (Lipinski definition) is 6. The molecule has 0 spiro atoms. The molecule has 2 aromatic heterocycles. The lowest BCUT2D eigenvalue weighted by molar-refractivity contribution is -0.120. The maximum Gasteiger partial charge on any atom is 0.244 e. The number of hydrogen-bond donors (Lipinski definition) is 1. The van der Waals surface area contributed by atoms with Crippen LogP contribution in [0.1, 0.15) is 37.5 Å². The van der Waals surface area contributed by atoms with Crippen LogP contribution in [-0.4, -0.2) is 52.4 Å². The Balaban J connectivity index is 1.70. The fraction of sp³-hybridized carbons (Fsp3) is 0.381. The van der Waals surface area contributed by atoms with Gasteiger partial charge in [-0.2, -0.15) is 4.31 Å². The van der Waals surface area contributed by atoms with E-state index in [0.29, 0.717) is 23.9 Å². The van der Waals surface area contributed by atoms with Crippen molar-refractivity contribution in [2.24, 2.45) is 0 Å². The molecule has 1 fully saturated rings. The molecule has 4 rings (SSSR count). The third kappa shape index (κ3) is 4.60. The molecule has 1 N–H and O–H groups in total. The van der Waals surface area contributed by atoms with Gasteiger partial charge in [0.2, 0.25) is 15.9 Å². The van der Waals surface area contributed by atoms with Crippen LogP contribution in [-0.2, 0) is 14.8 Å². The average molecular weight is 460 g/mol. The first-order valence-electron chi connectivity index (χ1n) is 10.3. The van der Waals surface area contributed by atoms with Crippen LogP contribution in [0.15, 0.2) is 58.7 Å². The topological polar surface area (TPSA) is 96.7 Å². The average Bonchev–Trinajstić information content (AvgIpc) is 3.50. The Hall–Kier alpha value is -2.43. The fourth-order valence-electron chi connectivity index (χ4n) is 3.31. The normalized spacial score (nSPS) is 15.3. The molecule has 1 amide bonds. The molecule has 0 radical (unpaired) electrons. The van der Waals surface area contributed by atoms with Gasteiger partial charge < -0.3 is 5.32 Å². The second kappa shape index (κ2) is 8.97. The summed E-state index contributed by atoms with van der Waals surface area (Å²) in [6.45, 7) is 4.39. The lowest BCUT2D eigenvalue weighted by Crippen LogP contribution is -2.30. The largest absolute Gasteiger partial charge is 0.352 e. The molecule has 3 aromatic rings. The Kier molecular flexibility index (Phi) is 6.31. The van der Waals surface area contributed by atoms with E-state index in [4.69, 9.17) is 0 Å². The van der Waals surface area contributed by atoms with Crippen LogP contribution < -0.4 is 5.32 Å². The Morgan fingerprint density at radius 3 is 2.52 bits per heavy atom. The fourth-order valence-corrected chi connectivity index (χ4v) is 5.79. The van der Waals surface area contributed by atoms with E-state index in [2.05, 4.69) is 15.5 Å². The van der Waals surface area contributed by atoms with Gasteiger partial charge in [-0.3, -0.25) is 9.20 Å². The van der Waals surface area contributed by atoms with Gasteiger partial charge in [-0.05, 0) is 30.5 Å². The third-order valence-electron chi connectivity index (χ3n) is 5.17. The van der Waals surface area contributed by atoms with Crippen LogP contribution in [0.4, 0.5) is 0 Å². The predicted octanol–water partition coefficient (Wildman–Crippen LogP) is 2.87. The van der Waals surface area contributed by atoms with Gasteiger partial charge >= 0.3 is 0 Å². The van der Waals surface area contributed by atoms with Crippen molar-refractivity contribution in [1.82, 2.24) is 24.2 Å². The van der Waals surface area contributed by atoms with Crippen molar-refractivity contribution in [2.45, 2.75) is 48.0 Å². The van der Waals surface area contributed by atoms with Gasteiger partial charge in [0.1, 0.15) is 5.25 Å². The minimum absolute atomic E-state index is 0.0811. The van der Waals surface area contributed by atoms with E-state index in [-0.39, 0.29) is 16.8 Å². The van der Waals surface area contributed by atoms with Crippen LogP contribution >= 0.6 is 11.8 Å². The minimum atomic E-state index is -3.62. The summed E-state index contributed by atoms with van der Waals surface area (Å²) in [7, 11) is -3.62. The molecule has 1 atom stereocenters. The van der Waals surface area contributed by atoms with Crippen LogP contribution in [0.5, 0.6) is 0 Å². The SMILES string of the molecule is CCN(CC)S(=O)(=O)c1ccc2nnc(SC(C(=O)NC3CC3)c3ccccc3)n2c1. The van der Waals surface area contributed by atoms with Crippen molar-refractivity contribution in [2.75, 3.05) is 13.1 Å². The molecule has 8 nitrogen and oxygen atoms in total. The van der Waals surface area contributed by atoms with Crippen molar-refractivity contribution in [3.63, 3.8) is 0 Å². The summed E-state index contributed by atoms with van der Waals surface area (Å²) in [5.41, 5.74) is 1.38. The highest BCUT2D eigenvalue weighted by atomic mass is 32.2. The Bertz CT molecular complexity index is 1170. The van der Waals surface area contributed by atoms with Crippen molar-refractivity contribution in [3.8, 4) is 0 Å². The van der Waals surface area contributed by atoms with E-state index in [9.17, 15) is 13.2 Å². The molecule has 31 heavy (non-hydrogen) atoms. The number of carbonyl (C=O) groups is 1. The maximum atomic E-state index is 13.0. The predicted molar refractivity (Wildman–Crippen MR) is 119 cm³/mol. The van der Waals surface area contributed by atoms with E-state index >= 15 is 0 Å². The molecule has 1 saturated carbocycles. The molecule has 2 heterocycles. The van der Waals surface area contributed by atoms with E-state index in [1.807, 2.05) is 44.2 Å². The summed E-state index contributed by atoms with van der Waals surface area (Å²) in [4.78, 5) is 13.1. The van der Waals surface area contributed by atoms with E-state index in [0.717, 1.165) is 18.4 Å². The number of aromatic nitrogens is 3. The highest BCUT2D eigenvalue weighted by molar-refractivity contribution is 8.00. The summed E-state index contributed by atoms with van der Waals surface area (Å²) in [5, 5.41) is 11.4. The molecule has 0 bridgehead atoms. The number of rotatable bonds is 9. The van der Waals surface area contributed by atoms with Gasteiger partial charge in [-0.15, -0.1) is 10.2 Å². The number of benzene rings is 1. The number of thioether (sulfide) groups is 1. The molecular formula is C21H25N5O3S2. The second-order valence-corrected chi connectivity index (χ2v) is 10.4. The first-order chi connectivity index (χ1) is 14.9. The van der Waals surface area contributed by atoms with E-state index in [1.165, 1.54) is 22.3 Å². The monoisotopic (exact) mass is 459 g/mol. The van der Waals surface area contributed by atoms with Gasteiger partial charge in [0, 0.05) is 25.3 Å². The number of pyridine rings is 1. The highest BCUT2D eigenvalue weighted by Gasteiger charge is 2.30. The van der Waals surface area contributed by atoms with Crippen molar-refractivity contribution in [1.29, 1.82) is 0 Å². The minimum Gasteiger partial charge on any atom is -0.352 e. The lowest BCUT2D eigenvalue weighted by atomic mass is 10.1. The van der Waals surface area contributed by atoms with Crippen LogP contribution in [0.25, 0.3) is 5.65 Å². The Morgan fingerprint density at radius 2 is 1.87 bits per heavy atom. The molecule has 1 aliphatic rings. The molecule has 1 aliphatic carbocycles. The highest BCUT2D eigenvalue weighted by Crippen LogP contribution is 2.36. The number of nitrogens with zero attached hydrogens (tertiary/aromatic N) is 4. The van der Waals surface area contributed by atoms with Gasteiger partial charge in [-0.1, -0.05) is 55.9 Å². The third-order valence-corrected chi connectivity index (χ3v) is 8.42. The smallest absolute Gasteiger partial charge is 0.244 e. The molecule has 164 valence electrons. The molecule has 0 aliphatic heterocycles. The van der Waals surface area contributed by atoms with Crippen molar-refractivity contribution < 1.29 is 13.2 Å². The molecule has 1 aromatic carbocycles. The van der Waals surface area contributed by atoms with E-state index in [1.54, 1.807) is 16.5 Å². The van der Waals surface area contributed by atoms with Crippen LogP contribution in [0.3, 0.4) is 0 Å². The zero-order chi connectivity index (χ0) is 22.0. The summed E-state index contributed by atoms with van der Waals surface area (Å²) in [6, 6.07) is 12.9. The number of carbonyl (C=O) groups excluding carboxylic acids is 1. The summed E-state index contributed by atoms with van der Waals surface area (Å²) < 4.78 is 28.9. The first kappa shape index (κ1) is 21.8. The number of nitrogens with one attached hydrogen (secondary N) is 1. The molecule has 10 heteroatoms. The molecular weight excluding hydrogens is 434 g/mol. The number of fused-ring (bicyclic) bond motifs is 1. The Morgan fingerprint density at radius 1 is 1.16 bits per heavy atom. The maximum absolute atomic E-state index is 13.0. The van der Waals surface area contributed by atoms with Crippen molar-refractivity contribution >= 4 is 33.3 Å². The van der Waals surface area contributed by atoms with Crippen molar-refractivity contribution in [3.05, 3.63) is 54.2 Å². The van der Waals surface area contributed by atoms with E-state index < -0.39 is 15.3 Å².